The van der Waals surface area contributed by atoms with Gasteiger partial charge in [0.2, 0.25) is 5.91 Å². The molecule has 1 aliphatic rings. The number of aromatic nitrogens is 1. The SMILES string of the molecule is O=C(Cn1cc(C(F)(F)F)ccc1=O)NC[C@@H]1COc2ccccc2O1. The van der Waals surface area contributed by atoms with E-state index in [0.29, 0.717) is 28.3 Å². The van der Waals surface area contributed by atoms with Crippen molar-refractivity contribution >= 4 is 5.91 Å². The molecule has 0 aliphatic carbocycles. The second-order valence-corrected chi connectivity index (χ2v) is 5.68. The van der Waals surface area contributed by atoms with Crippen molar-refractivity contribution in [1.82, 2.24) is 9.88 Å². The maximum absolute atomic E-state index is 12.7. The van der Waals surface area contributed by atoms with Crippen LogP contribution in [0.2, 0.25) is 0 Å². The number of ether oxygens (including phenoxy) is 2. The number of amides is 1. The maximum Gasteiger partial charge on any atom is 0.417 e. The molecule has 0 saturated carbocycles. The summed E-state index contributed by atoms with van der Waals surface area (Å²) in [5.41, 5.74) is -1.69. The van der Waals surface area contributed by atoms with Crippen molar-refractivity contribution in [2.45, 2.75) is 18.8 Å². The van der Waals surface area contributed by atoms with Crippen LogP contribution in [0.5, 0.6) is 11.5 Å². The number of nitrogens with one attached hydrogen (secondary N) is 1. The molecule has 1 aromatic carbocycles. The smallest absolute Gasteiger partial charge is 0.417 e. The number of hydrogen-bond acceptors (Lipinski definition) is 4. The lowest BCUT2D eigenvalue weighted by Crippen LogP contribution is -2.42. The third-order valence-corrected chi connectivity index (χ3v) is 3.72. The van der Waals surface area contributed by atoms with Crippen molar-refractivity contribution < 1.29 is 27.4 Å². The van der Waals surface area contributed by atoms with Crippen LogP contribution in [0.4, 0.5) is 13.2 Å². The number of alkyl halides is 3. The van der Waals surface area contributed by atoms with Gasteiger partial charge in [-0.25, -0.2) is 0 Å². The minimum atomic E-state index is -4.59. The van der Waals surface area contributed by atoms with Crippen LogP contribution >= 0.6 is 0 Å². The Bertz CT molecular complexity index is 864. The van der Waals surface area contributed by atoms with Gasteiger partial charge in [-0.1, -0.05) is 12.1 Å². The van der Waals surface area contributed by atoms with Gasteiger partial charge in [-0.05, 0) is 18.2 Å². The second-order valence-electron chi connectivity index (χ2n) is 5.68. The van der Waals surface area contributed by atoms with Gasteiger partial charge in [0.05, 0.1) is 12.1 Å². The highest BCUT2D eigenvalue weighted by atomic mass is 19.4. The number of fused-ring (bicyclic) bond motifs is 1. The summed E-state index contributed by atoms with van der Waals surface area (Å²) in [6.45, 7) is -0.200. The third kappa shape index (κ3) is 4.16. The number of hydrogen-bond donors (Lipinski definition) is 1. The fraction of sp³-hybridized carbons (Fsp3) is 0.294. The van der Waals surface area contributed by atoms with Crippen molar-refractivity contribution in [3.63, 3.8) is 0 Å². The number of pyridine rings is 1. The van der Waals surface area contributed by atoms with Crippen LogP contribution in [0.3, 0.4) is 0 Å². The van der Waals surface area contributed by atoms with E-state index in [1.807, 2.05) is 0 Å². The van der Waals surface area contributed by atoms with Crippen molar-refractivity contribution in [1.29, 1.82) is 0 Å². The van der Waals surface area contributed by atoms with E-state index in [1.165, 1.54) is 0 Å². The molecule has 0 unspecified atom stereocenters. The Kier molecular flexibility index (Phi) is 4.88. The Balaban J connectivity index is 1.58. The number of halogens is 3. The molecule has 9 heteroatoms. The van der Waals surface area contributed by atoms with Crippen LogP contribution in [-0.4, -0.2) is 29.7 Å². The molecule has 0 spiro atoms. The summed E-state index contributed by atoms with van der Waals surface area (Å²) in [6.07, 6.45) is -4.41. The zero-order valence-electron chi connectivity index (χ0n) is 13.5. The number of benzene rings is 1. The highest BCUT2D eigenvalue weighted by Gasteiger charge is 2.31. The van der Waals surface area contributed by atoms with Crippen LogP contribution in [0, 0.1) is 0 Å². The van der Waals surface area contributed by atoms with Gasteiger partial charge in [0.1, 0.15) is 19.3 Å². The van der Waals surface area contributed by atoms with E-state index in [-0.39, 0.29) is 13.2 Å². The van der Waals surface area contributed by atoms with Gasteiger partial charge in [-0.2, -0.15) is 13.2 Å². The van der Waals surface area contributed by atoms with Crippen molar-refractivity contribution in [3.05, 3.63) is 58.5 Å². The van der Waals surface area contributed by atoms with E-state index in [4.69, 9.17) is 9.47 Å². The summed E-state index contributed by atoms with van der Waals surface area (Å²) in [7, 11) is 0. The lowest BCUT2D eigenvalue weighted by molar-refractivity contribution is -0.138. The quantitative estimate of drug-likeness (QED) is 0.894. The first-order valence-corrected chi connectivity index (χ1v) is 7.76. The first-order chi connectivity index (χ1) is 12.3. The maximum atomic E-state index is 12.7. The number of rotatable bonds is 4. The fourth-order valence-electron chi connectivity index (χ4n) is 2.42. The van der Waals surface area contributed by atoms with Gasteiger partial charge in [-0.15, -0.1) is 0 Å². The molecule has 0 fully saturated rings. The Morgan fingerprint density at radius 2 is 1.92 bits per heavy atom. The van der Waals surface area contributed by atoms with Gasteiger partial charge in [0.25, 0.3) is 5.56 Å². The standard InChI is InChI=1S/C17H15F3N2O4/c18-17(19,20)11-5-6-16(24)22(8-11)9-15(23)21-7-12-10-25-13-3-1-2-4-14(13)26-12/h1-6,8,12H,7,9-10H2,(H,21,23)/t12-/m1/s1. The summed E-state index contributed by atoms with van der Waals surface area (Å²) >= 11 is 0. The highest BCUT2D eigenvalue weighted by molar-refractivity contribution is 5.75. The molecule has 0 radical (unpaired) electrons. The predicted octanol–water partition coefficient (Wildman–Crippen LogP) is 1.82. The molecule has 138 valence electrons. The summed E-state index contributed by atoms with van der Waals surface area (Å²) < 4.78 is 50.0. The first kappa shape index (κ1) is 17.8. The van der Waals surface area contributed by atoms with E-state index in [1.54, 1.807) is 24.3 Å². The minimum absolute atomic E-state index is 0.0981. The zero-order valence-corrected chi connectivity index (χ0v) is 13.5. The average Bonchev–Trinajstić information content (AvgIpc) is 2.60. The molecule has 1 amide bonds. The number of carbonyl (C=O) groups excluding carboxylic acids is 1. The molecule has 0 saturated heterocycles. The Hall–Kier alpha value is -2.97. The van der Waals surface area contributed by atoms with Crippen LogP contribution in [0.15, 0.2) is 47.4 Å². The molecular formula is C17H15F3N2O4. The van der Waals surface area contributed by atoms with Crippen molar-refractivity contribution in [3.8, 4) is 11.5 Å². The molecule has 0 bridgehead atoms. The molecule has 3 rings (SSSR count). The molecule has 1 atom stereocenters. The van der Waals surface area contributed by atoms with E-state index in [2.05, 4.69) is 5.32 Å². The Labute approximate surface area is 146 Å². The molecule has 26 heavy (non-hydrogen) atoms. The Morgan fingerprint density at radius 1 is 1.19 bits per heavy atom. The molecule has 2 heterocycles. The van der Waals surface area contributed by atoms with E-state index < -0.39 is 35.9 Å². The molecule has 2 aromatic rings. The lowest BCUT2D eigenvalue weighted by Gasteiger charge is -2.26. The summed E-state index contributed by atoms with van der Waals surface area (Å²) in [6, 6.07) is 8.53. The van der Waals surface area contributed by atoms with Crippen LogP contribution in [0.1, 0.15) is 5.56 Å². The summed E-state index contributed by atoms with van der Waals surface area (Å²) in [5.74, 6) is 0.548. The van der Waals surface area contributed by atoms with Crippen molar-refractivity contribution in [2.24, 2.45) is 0 Å². The van der Waals surface area contributed by atoms with Crippen LogP contribution in [0.25, 0.3) is 0 Å². The minimum Gasteiger partial charge on any atom is -0.486 e. The van der Waals surface area contributed by atoms with Crippen LogP contribution in [-0.2, 0) is 17.5 Å². The van der Waals surface area contributed by atoms with Crippen molar-refractivity contribution in [2.75, 3.05) is 13.2 Å². The van der Waals surface area contributed by atoms with Gasteiger partial charge in [0.15, 0.2) is 11.5 Å². The fourth-order valence-corrected chi connectivity index (χ4v) is 2.42. The molecule has 6 nitrogen and oxygen atoms in total. The largest absolute Gasteiger partial charge is 0.486 e. The average molecular weight is 368 g/mol. The third-order valence-electron chi connectivity index (χ3n) is 3.72. The molecular weight excluding hydrogens is 353 g/mol. The molecule has 1 aromatic heterocycles. The van der Waals surface area contributed by atoms with E-state index in [0.717, 1.165) is 6.07 Å². The topological polar surface area (TPSA) is 69.6 Å². The van der Waals surface area contributed by atoms with Gasteiger partial charge >= 0.3 is 6.18 Å². The monoisotopic (exact) mass is 368 g/mol. The van der Waals surface area contributed by atoms with E-state index in [9.17, 15) is 22.8 Å². The highest BCUT2D eigenvalue weighted by Crippen LogP contribution is 2.30. The predicted molar refractivity (Wildman–Crippen MR) is 85.1 cm³/mol. The van der Waals surface area contributed by atoms with Gasteiger partial charge in [-0.3, -0.25) is 9.59 Å². The summed E-state index contributed by atoms with van der Waals surface area (Å²) in [5, 5.41) is 2.53. The molecule has 1 aliphatic heterocycles. The lowest BCUT2D eigenvalue weighted by atomic mass is 10.2. The van der Waals surface area contributed by atoms with E-state index >= 15 is 0 Å². The second kappa shape index (κ2) is 7.11. The Morgan fingerprint density at radius 3 is 2.65 bits per heavy atom. The first-order valence-electron chi connectivity index (χ1n) is 7.76. The van der Waals surface area contributed by atoms with Gasteiger partial charge < -0.3 is 19.4 Å². The summed E-state index contributed by atoms with van der Waals surface area (Å²) in [4.78, 5) is 23.6. The number of carbonyl (C=O) groups is 1. The van der Waals surface area contributed by atoms with Crippen LogP contribution < -0.4 is 20.3 Å². The number of para-hydroxylation sites is 2. The van der Waals surface area contributed by atoms with Gasteiger partial charge in [0, 0.05) is 12.3 Å². The zero-order chi connectivity index (χ0) is 18.7. The molecule has 1 N–H and O–H groups in total. The number of nitrogens with zero attached hydrogens (tertiary/aromatic N) is 1. The normalized spacial score (nSPS) is 16.2.